The fraction of sp³-hybridized carbons (Fsp3) is 0.591. The lowest BCUT2D eigenvalue weighted by molar-refractivity contribution is 0.122. The second kappa shape index (κ2) is 9.32. The Morgan fingerprint density at radius 3 is 2.65 bits per heavy atom. The van der Waals surface area contributed by atoms with Gasteiger partial charge in [-0.25, -0.2) is 14.4 Å². The zero-order valence-corrected chi connectivity index (χ0v) is 18.6. The van der Waals surface area contributed by atoms with Gasteiger partial charge in [0, 0.05) is 31.2 Å². The number of anilines is 4. The Bertz CT molecular complexity index is 865. The average Bonchev–Trinajstić information content (AvgIpc) is 3.25. The first-order chi connectivity index (χ1) is 14.9. The van der Waals surface area contributed by atoms with Gasteiger partial charge in [-0.3, -0.25) is 4.90 Å². The molecule has 8 nitrogen and oxygen atoms in total. The number of hydrogen-bond acceptors (Lipinski definition) is 8. The van der Waals surface area contributed by atoms with Crippen LogP contribution in [0.1, 0.15) is 33.6 Å². The smallest absolute Gasteiger partial charge is 0.229 e. The van der Waals surface area contributed by atoms with Crippen molar-refractivity contribution < 1.29 is 9.13 Å². The third kappa shape index (κ3) is 5.40. The summed E-state index contributed by atoms with van der Waals surface area (Å²) < 4.78 is 19.7. The summed E-state index contributed by atoms with van der Waals surface area (Å²) in [5.41, 5.74) is 0.851. The molecule has 31 heavy (non-hydrogen) atoms. The van der Waals surface area contributed by atoms with Crippen LogP contribution >= 0.6 is 0 Å². The minimum atomic E-state index is -0.452. The summed E-state index contributed by atoms with van der Waals surface area (Å²) >= 11 is 0. The summed E-state index contributed by atoms with van der Waals surface area (Å²) in [5.74, 6) is 1.02. The lowest BCUT2D eigenvalue weighted by Crippen LogP contribution is -2.47. The molecule has 168 valence electrons. The zero-order valence-electron chi connectivity index (χ0n) is 18.6. The fourth-order valence-corrected chi connectivity index (χ4v) is 4.27. The lowest BCUT2D eigenvalue weighted by Gasteiger charge is -2.37. The molecule has 4 rings (SSSR count). The molecular formula is C22H32FN7O. The SMILES string of the molecule is CC(C)(C)N1CCCC1CNc1nc(Nc2ccc(N3CCOCC3)nc2)ncc1F. The van der Waals surface area contributed by atoms with E-state index in [1.165, 1.54) is 6.20 Å². The normalized spacial score (nSPS) is 20.1. The molecule has 2 aliphatic heterocycles. The molecule has 0 radical (unpaired) electrons. The van der Waals surface area contributed by atoms with Gasteiger partial charge in [-0.05, 0) is 52.3 Å². The largest absolute Gasteiger partial charge is 0.378 e. The van der Waals surface area contributed by atoms with Crippen molar-refractivity contribution in [1.82, 2.24) is 19.9 Å². The van der Waals surface area contributed by atoms with Crippen molar-refractivity contribution in [3.05, 3.63) is 30.3 Å². The first-order valence-electron chi connectivity index (χ1n) is 11.0. The van der Waals surface area contributed by atoms with Crippen molar-refractivity contribution in [2.24, 2.45) is 0 Å². The summed E-state index contributed by atoms with van der Waals surface area (Å²) in [4.78, 5) is 17.6. The predicted octanol–water partition coefficient (Wildman–Crippen LogP) is 3.27. The lowest BCUT2D eigenvalue weighted by atomic mass is 10.0. The number of hydrogen-bond donors (Lipinski definition) is 2. The number of nitrogens with one attached hydrogen (secondary N) is 2. The summed E-state index contributed by atoms with van der Waals surface area (Å²) in [7, 11) is 0. The van der Waals surface area contributed by atoms with Crippen LogP contribution in [0.4, 0.5) is 27.7 Å². The van der Waals surface area contributed by atoms with E-state index in [1.54, 1.807) is 6.20 Å². The highest BCUT2D eigenvalue weighted by molar-refractivity contribution is 5.56. The van der Waals surface area contributed by atoms with Crippen LogP contribution in [0.15, 0.2) is 24.5 Å². The van der Waals surface area contributed by atoms with Crippen molar-refractivity contribution in [2.45, 2.75) is 45.2 Å². The van der Waals surface area contributed by atoms with Gasteiger partial charge in [0.05, 0.1) is 31.3 Å². The summed E-state index contributed by atoms with van der Waals surface area (Å²) in [6.45, 7) is 11.5. The molecule has 0 spiro atoms. The molecule has 9 heteroatoms. The fourth-order valence-electron chi connectivity index (χ4n) is 4.27. The van der Waals surface area contributed by atoms with Crippen LogP contribution in [0.25, 0.3) is 0 Å². The van der Waals surface area contributed by atoms with E-state index in [9.17, 15) is 4.39 Å². The second-order valence-electron chi connectivity index (χ2n) is 9.06. The number of pyridine rings is 1. The number of rotatable bonds is 6. The molecule has 2 aromatic rings. The van der Waals surface area contributed by atoms with E-state index < -0.39 is 5.82 Å². The summed E-state index contributed by atoms with van der Waals surface area (Å²) in [6.07, 6.45) is 5.20. The van der Waals surface area contributed by atoms with E-state index >= 15 is 0 Å². The van der Waals surface area contributed by atoms with Crippen LogP contribution in [0.3, 0.4) is 0 Å². The maximum absolute atomic E-state index is 14.3. The number of nitrogens with zero attached hydrogens (tertiary/aromatic N) is 5. The van der Waals surface area contributed by atoms with Gasteiger partial charge in [-0.1, -0.05) is 0 Å². The molecule has 0 amide bonds. The van der Waals surface area contributed by atoms with Gasteiger partial charge in [0.25, 0.3) is 0 Å². The van der Waals surface area contributed by atoms with Crippen LogP contribution in [-0.2, 0) is 4.74 Å². The maximum atomic E-state index is 14.3. The van der Waals surface area contributed by atoms with Gasteiger partial charge >= 0.3 is 0 Å². The molecule has 0 saturated carbocycles. The Kier molecular flexibility index (Phi) is 6.52. The summed E-state index contributed by atoms with van der Waals surface area (Å²) in [5, 5.41) is 6.31. The molecule has 1 atom stereocenters. The van der Waals surface area contributed by atoms with Gasteiger partial charge in [-0.15, -0.1) is 0 Å². The van der Waals surface area contributed by atoms with Gasteiger partial charge in [0.2, 0.25) is 5.95 Å². The molecule has 0 aliphatic carbocycles. The first-order valence-corrected chi connectivity index (χ1v) is 11.0. The predicted molar refractivity (Wildman–Crippen MR) is 121 cm³/mol. The molecule has 2 aromatic heterocycles. The number of aromatic nitrogens is 3. The van der Waals surface area contributed by atoms with Crippen molar-refractivity contribution in [1.29, 1.82) is 0 Å². The highest BCUT2D eigenvalue weighted by Crippen LogP contribution is 2.27. The number of likely N-dealkylation sites (tertiary alicyclic amines) is 1. The van der Waals surface area contributed by atoms with E-state index in [0.29, 0.717) is 18.5 Å². The van der Waals surface area contributed by atoms with Crippen molar-refractivity contribution >= 4 is 23.3 Å². The third-order valence-electron chi connectivity index (χ3n) is 5.83. The molecular weight excluding hydrogens is 397 g/mol. The Morgan fingerprint density at radius 1 is 1.13 bits per heavy atom. The van der Waals surface area contributed by atoms with Crippen LogP contribution in [-0.4, -0.2) is 70.8 Å². The third-order valence-corrected chi connectivity index (χ3v) is 5.83. The Morgan fingerprint density at radius 2 is 1.94 bits per heavy atom. The number of morpholine rings is 1. The van der Waals surface area contributed by atoms with E-state index in [4.69, 9.17) is 4.74 Å². The van der Waals surface area contributed by atoms with Gasteiger partial charge in [0.15, 0.2) is 11.6 Å². The highest BCUT2D eigenvalue weighted by Gasteiger charge is 2.32. The van der Waals surface area contributed by atoms with Crippen LogP contribution in [0, 0.1) is 5.82 Å². The zero-order chi connectivity index (χ0) is 21.8. The topological polar surface area (TPSA) is 78.4 Å². The molecule has 2 saturated heterocycles. The Balaban J connectivity index is 1.38. The van der Waals surface area contributed by atoms with Crippen molar-refractivity contribution in [2.75, 3.05) is 54.9 Å². The highest BCUT2D eigenvalue weighted by atomic mass is 19.1. The standard InChI is InChI=1S/C22H32FN7O/c1-22(2,3)30-8-4-5-17(30)14-25-20-18(23)15-26-21(28-20)27-16-6-7-19(24-13-16)29-9-11-31-12-10-29/h6-7,13,15,17H,4-5,8-12,14H2,1-3H3,(H2,25,26,27,28). The monoisotopic (exact) mass is 429 g/mol. The summed E-state index contributed by atoms with van der Waals surface area (Å²) in [6, 6.07) is 4.25. The van der Waals surface area contributed by atoms with Crippen molar-refractivity contribution in [3.63, 3.8) is 0 Å². The average molecular weight is 430 g/mol. The van der Waals surface area contributed by atoms with Gasteiger partial charge in [-0.2, -0.15) is 4.98 Å². The molecule has 2 fully saturated rings. The minimum Gasteiger partial charge on any atom is -0.378 e. The van der Waals surface area contributed by atoms with E-state index in [-0.39, 0.29) is 11.4 Å². The van der Waals surface area contributed by atoms with Crippen LogP contribution < -0.4 is 15.5 Å². The Labute approximate surface area is 183 Å². The van der Waals surface area contributed by atoms with E-state index in [1.807, 2.05) is 12.1 Å². The van der Waals surface area contributed by atoms with Crippen LogP contribution in [0.2, 0.25) is 0 Å². The van der Waals surface area contributed by atoms with Crippen LogP contribution in [0.5, 0.6) is 0 Å². The van der Waals surface area contributed by atoms with Gasteiger partial charge in [0.1, 0.15) is 5.82 Å². The maximum Gasteiger partial charge on any atom is 0.229 e. The molecule has 2 aliphatic rings. The van der Waals surface area contributed by atoms with E-state index in [2.05, 4.69) is 56.2 Å². The molecule has 0 aromatic carbocycles. The van der Waals surface area contributed by atoms with E-state index in [0.717, 1.165) is 57.2 Å². The van der Waals surface area contributed by atoms with Crippen molar-refractivity contribution in [3.8, 4) is 0 Å². The first kappa shape index (κ1) is 21.7. The number of halogens is 1. The Hall–Kier alpha value is -2.52. The van der Waals surface area contributed by atoms with Gasteiger partial charge < -0.3 is 20.3 Å². The molecule has 2 N–H and O–H groups in total. The number of ether oxygens (including phenoxy) is 1. The molecule has 0 bridgehead atoms. The quantitative estimate of drug-likeness (QED) is 0.725. The second-order valence-corrected chi connectivity index (χ2v) is 9.06. The molecule has 1 unspecified atom stereocenters. The molecule has 4 heterocycles. The minimum absolute atomic E-state index is 0.0974.